The molecule has 0 radical (unpaired) electrons. The van der Waals surface area contributed by atoms with Gasteiger partial charge in [-0.15, -0.1) is 0 Å². The number of nitrogen functional groups attached to an aromatic ring is 1. The van der Waals surface area contributed by atoms with Crippen LogP contribution in [0.25, 0.3) is 10.8 Å². The summed E-state index contributed by atoms with van der Waals surface area (Å²) in [5.74, 6) is -1.93. The van der Waals surface area contributed by atoms with Crippen LogP contribution in [-0.2, 0) is 0 Å². The predicted molar refractivity (Wildman–Crippen MR) is 75.8 cm³/mol. The lowest BCUT2D eigenvalue weighted by Gasteiger charge is -2.12. The van der Waals surface area contributed by atoms with Gasteiger partial charge in [0.1, 0.15) is 5.69 Å². The van der Waals surface area contributed by atoms with Crippen molar-refractivity contribution in [1.29, 1.82) is 0 Å². The number of nitrogens with one attached hydrogen (secondary N) is 1. The van der Waals surface area contributed by atoms with Crippen molar-refractivity contribution in [3.63, 3.8) is 0 Å². The first kappa shape index (κ1) is 12.3. The molecular formula is C15H11F2N3. The average molecular weight is 271 g/mol. The number of nitrogens with two attached hydrogens (primary N) is 1. The van der Waals surface area contributed by atoms with Crippen LogP contribution in [0.1, 0.15) is 0 Å². The first-order valence-corrected chi connectivity index (χ1v) is 6.00. The van der Waals surface area contributed by atoms with Crippen LogP contribution < -0.4 is 11.1 Å². The molecule has 2 aromatic carbocycles. The molecule has 0 atom stereocenters. The van der Waals surface area contributed by atoms with Crippen LogP contribution in [0, 0.1) is 11.6 Å². The van der Waals surface area contributed by atoms with E-state index in [2.05, 4.69) is 10.3 Å². The summed E-state index contributed by atoms with van der Waals surface area (Å²) < 4.78 is 27.1. The fourth-order valence-electron chi connectivity index (χ4n) is 2.06. The van der Waals surface area contributed by atoms with Crippen LogP contribution in [0.5, 0.6) is 0 Å². The molecule has 0 fully saturated rings. The van der Waals surface area contributed by atoms with E-state index in [9.17, 15) is 8.78 Å². The van der Waals surface area contributed by atoms with E-state index >= 15 is 0 Å². The van der Waals surface area contributed by atoms with Gasteiger partial charge in [0.25, 0.3) is 0 Å². The number of aromatic nitrogens is 1. The lowest BCUT2D eigenvalue weighted by atomic mass is 10.1. The molecule has 5 heteroatoms. The number of hydrogen-bond acceptors (Lipinski definition) is 3. The number of anilines is 3. The maximum Gasteiger partial charge on any atom is 0.184 e. The smallest absolute Gasteiger partial charge is 0.184 e. The topological polar surface area (TPSA) is 50.9 Å². The molecule has 1 aromatic heterocycles. The third-order valence-corrected chi connectivity index (χ3v) is 3.07. The van der Waals surface area contributed by atoms with Crippen molar-refractivity contribution in [1.82, 2.24) is 4.98 Å². The second-order valence-corrected chi connectivity index (χ2v) is 4.35. The largest absolute Gasteiger partial charge is 0.397 e. The minimum absolute atomic E-state index is 0.0608. The monoisotopic (exact) mass is 271 g/mol. The summed E-state index contributed by atoms with van der Waals surface area (Å²) in [7, 11) is 0. The Morgan fingerprint density at radius 2 is 1.90 bits per heavy atom. The Kier molecular flexibility index (Phi) is 2.95. The van der Waals surface area contributed by atoms with E-state index in [-0.39, 0.29) is 11.4 Å². The molecular weight excluding hydrogens is 260 g/mol. The Hall–Kier alpha value is -2.69. The van der Waals surface area contributed by atoms with E-state index in [1.165, 1.54) is 6.07 Å². The van der Waals surface area contributed by atoms with Crippen LogP contribution in [0.4, 0.5) is 25.8 Å². The molecule has 0 aliphatic rings. The minimum atomic E-state index is -0.990. The molecule has 20 heavy (non-hydrogen) atoms. The number of pyridine rings is 1. The zero-order valence-corrected chi connectivity index (χ0v) is 10.4. The highest BCUT2D eigenvalue weighted by Gasteiger charge is 2.13. The molecule has 3 nitrogen and oxygen atoms in total. The van der Waals surface area contributed by atoms with E-state index in [0.29, 0.717) is 5.69 Å². The molecule has 0 aliphatic heterocycles. The average Bonchev–Trinajstić information content (AvgIpc) is 2.48. The normalized spacial score (nSPS) is 10.7. The number of rotatable bonds is 2. The number of hydrogen-bond donors (Lipinski definition) is 2. The van der Waals surface area contributed by atoms with Crippen molar-refractivity contribution in [3.05, 3.63) is 60.4 Å². The molecule has 0 spiro atoms. The fourth-order valence-corrected chi connectivity index (χ4v) is 2.06. The highest BCUT2D eigenvalue weighted by molar-refractivity contribution is 5.95. The zero-order chi connectivity index (χ0) is 14.1. The molecule has 3 rings (SSSR count). The van der Waals surface area contributed by atoms with Gasteiger partial charge in [-0.25, -0.2) is 8.78 Å². The minimum Gasteiger partial charge on any atom is -0.397 e. The number of halogens is 2. The lowest BCUT2D eigenvalue weighted by molar-refractivity contribution is 0.512. The highest BCUT2D eigenvalue weighted by atomic mass is 19.2. The Morgan fingerprint density at radius 1 is 1.05 bits per heavy atom. The highest BCUT2D eigenvalue weighted by Crippen LogP contribution is 2.31. The van der Waals surface area contributed by atoms with Gasteiger partial charge in [-0.05, 0) is 24.3 Å². The fraction of sp³-hybridized carbons (Fsp3) is 0. The molecule has 3 aromatic rings. The van der Waals surface area contributed by atoms with Crippen LogP contribution in [0.3, 0.4) is 0 Å². The van der Waals surface area contributed by atoms with Gasteiger partial charge in [-0.2, -0.15) is 0 Å². The van der Waals surface area contributed by atoms with Gasteiger partial charge in [-0.3, -0.25) is 4.98 Å². The van der Waals surface area contributed by atoms with Crippen LogP contribution >= 0.6 is 0 Å². The van der Waals surface area contributed by atoms with Crippen molar-refractivity contribution in [3.8, 4) is 0 Å². The predicted octanol–water partition coefficient (Wildman–Crippen LogP) is 3.84. The summed E-state index contributed by atoms with van der Waals surface area (Å²) >= 11 is 0. The summed E-state index contributed by atoms with van der Waals surface area (Å²) in [5.41, 5.74) is 6.43. The van der Waals surface area contributed by atoms with Gasteiger partial charge >= 0.3 is 0 Å². The van der Waals surface area contributed by atoms with Crippen molar-refractivity contribution in [2.24, 2.45) is 0 Å². The van der Waals surface area contributed by atoms with Crippen LogP contribution in [0.15, 0.2) is 48.8 Å². The summed E-state index contributed by atoms with van der Waals surface area (Å²) in [6.45, 7) is 0. The Balaban J connectivity index is 2.13. The number of nitrogens with zero attached hydrogens (tertiary/aromatic N) is 1. The summed E-state index contributed by atoms with van der Waals surface area (Å²) in [6.07, 6.45) is 3.34. The van der Waals surface area contributed by atoms with Gasteiger partial charge < -0.3 is 11.1 Å². The maximum atomic E-state index is 13.8. The van der Waals surface area contributed by atoms with E-state index < -0.39 is 11.6 Å². The summed E-state index contributed by atoms with van der Waals surface area (Å²) in [6, 6.07) is 9.59. The third-order valence-electron chi connectivity index (χ3n) is 3.07. The third kappa shape index (κ3) is 2.03. The van der Waals surface area contributed by atoms with Gasteiger partial charge in [-0.1, -0.05) is 12.1 Å². The first-order chi connectivity index (χ1) is 9.66. The molecule has 3 N–H and O–H groups in total. The van der Waals surface area contributed by atoms with E-state index in [1.54, 1.807) is 30.6 Å². The van der Waals surface area contributed by atoms with Gasteiger partial charge in [0, 0.05) is 28.9 Å². The molecule has 0 bridgehead atoms. The Bertz CT molecular complexity index is 782. The summed E-state index contributed by atoms with van der Waals surface area (Å²) in [4.78, 5) is 4.02. The van der Waals surface area contributed by atoms with Crippen molar-refractivity contribution >= 4 is 27.8 Å². The van der Waals surface area contributed by atoms with E-state index in [0.717, 1.165) is 16.8 Å². The van der Waals surface area contributed by atoms with E-state index in [4.69, 9.17) is 5.73 Å². The Morgan fingerprint density at radius 3 is 2.75 bits per heavy atom. The molecule has 0 saturated carbocycles. The molecule has 0 amide bonds. The van der Waals surface area contributed by atoms with E-state index in [1.807, 2.05) is 6.07 Å². The molecule has 0 aliphatic carbocycles. The second kappa shape index (κ2) is 4.77. The Labute approximate surface area is 114 Å². The van der Waals surface area contributed by atoms with Crippen molar-refractivity contribution in [2.45, 2.75) is 0 Å². The van der Waals surface area contributed by atoms with Gasteiger partial charge in [0.15, 0.2) is 11.6 Å². The van der Waals surface area contributed by atoms with Crippen LogP contribution in [-0.4, -0.2) is 4.98 Å². The summed E-state index contributed by atoms with van der Waals surface area (Å²) in [5, 5.41) is 4.61. The first-order valence-electron chi connectivity index (χ1n) is 6.00. The molecule has 0 saturated heterocycles. The quantitative estimate of drug-likeness (QED) is 0.696. The van der Waals surface area contributed by atoms with Crippen LogP contribution in [0.2, 0.25) is 0 Å². The van der Waals surface area contributed by atoms with Crippen molar-refractivity contribution in [2.75, 3.05) is 11.1 Å². The van der Waals surface area contributed by atoms with Gasteiger partial charge in [0.2, 0.25) is 0 Å². The molecule has 100 valence electrons. The SMILES string of the molecule is Nc1ccc(F)c(F)c1Nc1cccc2cnccc12. The van der Waals surface area contributed by atoms with Crippen molar-refractivity contribution < 1.29 is 8.78 Å². The van der Waals surface area contributed by atoms with Gasteiger partial charge in [0.05, 0.1) is 5.69 Å². The maximum absolute atomic E-state index is 13.8. The number of benzene rings is 2. The lowest BCUT2D eigenvalue weighted by Crippen LogP contribution is -2.01. The zero-order valence-electron chi connectivity index (χ0n) is 10.4. The molecule has 1 heterocycles. The second-order valence-electron chi connectivity index (χ2n) is 4.35. The standard InChI is InChI=1S/C15H11F2N3/c16-11-4-5-12(18)15(14(11)17)20-13-3-1-2-9-8-19-7-6-10(9)13/h1-8,20H,18H2. The molecule has 0 unspecified atom stereocenters. The number of fused-ring (bicyclic) bond motifs is 1.